The molecule has 1 heterocycles. The first-order valence-corrected chi connectivity index (χ1v) is 10.7. The summed E-state index contributed by atoms with van der Waals surface area (Å²) in [5.74, 6) is -0.0140. The van der Waals surface area contributed by atoms with Gasteiger partial charge in [-0.25, -0.2) is 8.42 Å². The van der Waals surface area contributed by atoms with Crippen molar-refractivity contribution in [1.82, 2.24) is 0 Å². The molecule has 144 valence electrons. The molecule has 2 aromatic carbocycles. The first-order valence-electron chi connectivity index (χ1n) is 9.25. The van der Waals surface area contributed by atoms with Crippen LogP contribution in [0, 0.1) is 6.92 Å². The van der Waals surface area contributed by atoms with Crippen LogP contribution >= 0.6 is 0 Å². The highest BCUT2D eigenvalue weighted by atomic mass is 32.2. The molecule has 2 aromatic rings. The maximum atomic E-state index is 12.4. The monoisotopic (exact) mass is 388 g/mol. The van der Waals surface area contributed by atoms with Crippen molar-refractivity contribution in [2.24, 2.45) is 0 Å². The van der Waals surface area contributed by atoms with Crippen LogP contribution in [-0.4, -0.2) is 34.0 Å². The number of amides is 1. The van der Waals surface area contributed by atoms with Gasteiger partial charge in [0.2, 0.25) is 0 Å². The SMILES string of the molecule is Cc1ccc(S(=O)(=O)Nc2ccc(NC(=O)C[NH+]3CCCCC3)cc2)cc1. The minimum absolute atomic E-state index is 0.0140. The third-order valence-electron chi connectivity index (χ3n) is 4.72. The van der Waals surface area contributed by atoms with Crippen molar-refractivity contribution in [3.05, 3.63) is 54.1 Å². The molecule has 0 bridgehead atoms. The summed E-state index contributed by atoms with van der Waals surface area (Å²) in [6.45, 7) is 4.48. The molecule has 1 amide bonds. The van der Waals surface area contributed by atoms with E-state index in [0.29, 0.717) is 17.9 Å². The maximum Gasteiger partial charge on any atom is 0.279 e. The highest BCUT2D eigenvalue weighted by Gasteiger charge is 2.17. The fourth-order valence-corrected chi connectivity index (χ4v) is 4.27. The molecule has 1 fully saturated rings. The van der Waals surface area contributed by atoms with Gasteiger partial charge < -0.3 is 10.2 Å². The molecule has 1 aliphatic rings. The number of rotatable bonds is 6. The van der Waals surface area contributed by atoms with Crippen LogP contribution in [0.1, 0.15) is 24.8 Å². The molecule has 7 heteroatoms. The summed E-state index contributed by atoms with van der Waals surface area (Å²) in [5, 5.41) is 2.88. The van der Waals surface area contributed by atoms with E-state index in [1.54, 1.807) is 48.5 Å². The molecular weight excluding hydrogens is 362 g/mol. The lowest BCUT2D eigenvalue weighted by Crippen LogP contribution is -3.13. The topological polar surface area (TPSA) is 79.7 Å². The molecule has 27 heavy (non-hydrogen) atoms. The molecule has 0 radical (unpaired) electrons. The molecule has 1 saturated heterocycles. The van der Waals surface area contributed by atoms with Gasteiger partial charge in [0, 0.05) is 11.4 Å². The molecule has 3 N–H and O–H groups in total. The van der Waals surface area contributed by atoms with E-state index in [9.17, 15) is 13.2 Å². The molecule has 0 atom stereocenters. The van der Waals surface area contributed by atoms with Gasteiger partial charge in [0.15, 0.2) is 6.54 Å². The molecule has 6 nitrogen and oxygen atoms in total. The lowest BCUT2D eigenvalue weighted by atomic mass is 10.1. The van der Waals surface area contributed by atoms with E-state index >= 15 is 0 Å². The minimum atomic E-state index is -3.63. The van der Waals surface area contributed by atoms with Gasteiger partial charge in [-0.05, 0) is 62.6 Å². The van der Waals surface area contributed by atoms with E-state index in [2.05, 4.69) is 10.0 Å². The summed E-state index contributed by atoms with van der Waals surface area (Å²) >= 11 is 0. The van der Waals surface area contributed by atoms with E-state index < -0.39 is 10.0 Å². The van der Waals surface area contributed by atoms with Crippen molar-refractivity contribution in [2.75, 3.05) is 29.7 Å². The predicted octanol–water partition coefficient (Wildman–Crippen LogP) is 1.80. The molecule has 1 aliphatic heterocycles. The Morgan fingerprint density at radius 2 is 1.52 bits per heavy atom. The van der Waals surface area contributed by atoms with Crippen molar-refractivity contribution >= 4 is 27.3 Å². The molecular formula is C20H26N3O3S+. The highest BCUT2D eigenvalue weighted by molar-refractivity contribution is 7.92. The zero-order valence-electron chi connectivity index (χ0n) is 15.5. The van der Waals surface area contributed by atoms with Crippen LogP contribution in [0.25, 0.3) is 0 Å². The van der Waals surface area contributed by atoms with E-state index in [1.807, 2.05) is 6.92 Å². The summed E-state index contributed by atoms with van der Waals surface area (Å²) in [7, 11) is -3.63. The number of likely N-dealkylation sites (tertiary alicyclic amines) is 1. The van der Waals surface area contributed by atoms with Crippen molar-refractivity contribution in [3.63, 3.8) is 0 Å². The largest absolute Gasteiger partial charge is 0.327 e. The second-order valence-electron chi connectivity index (χ2n) is 7.03. The average Bonchev–Trinajstić information content (AvgIpc) is 2.64. The lowest BCUT2D eigenvalue weighted by Gasteiger charge is -2.22. The third-order valence-corrected chi connectivity index (χ3v) is 6.12. The molecule has 0 aliphatic carbocycles. The van der Waals surface area contributed by atoms with E-state index in [4.69, 9.17) is 0 Å². The van der Waals surface area contributed by atoms with Crippen molar-refractivity contribution in [3.8, 4) is 0 Å². The average molecular weight is 389 g/mol. The lowest BCUT2D eigenvalue weighted by molar-refractivity contribution is -0.896. The molecule has 0 unspecified atom stereocenters. The second kappa shape index (κ2) is 8.54. The van der Waals surface area contributed by atoms with Crippen LogP contribution in [0.5, 0.6) is 0 Å². The van der Waals surface area contributed by atoms with Crippen molar-refractivity contribution < 1.29 is 18.1 Å². The first-order chi connectivity index (χ1) is 12.9. The smallest absolute Gasteiger partial charge is 0.279 e. The van der Waals surface area contributed by atoms with Crippen LogP contribution in [0.2, 0.25) is 0 Å². The Bertz CT molecular complexity index is 872. The van der Waals surface area contributed by atoms with Gasteiger partial charge in [0.05, 0.1) is 18.0 Å². The number of sulfonamides is 1. The number of carbonyl (C=O) groups excluding carboxylic acids is 1. The summed E-state index contributed by atoms with van der Waals surface area (Å²) in [6.07, 6.45) is 3.61. The third kappa shape index (κ3) is 5.55. The van der Waals surface area contributed by atoms with Crippen molar-refractivity contribution in [2.45, 2.75) is 31.1 Å². The zero-order valence-corrected chi connectivity index (χ0v) is 16.3. The Kier molecular flexibility index (Phi) is 6.13. The normalized spacial score (nSPS) is 15.3. The minimum Gasteiger partial charge on any atom is -0.327 e. The quantitative estimate of drug-likeness (QED) is 0.706. The molecule has 0 saturated carbocycles. The summed E-state index contributed by atoms with van der Waals surface area (Å²) < 4.78 is 27.4. The zero-order chi connectivity index (χ0) is 19.3. The van der Waals surface area contributed by atoms with Crippen LogP contribution < -0.4 is 14.9 Å². The van der Waals surface area contributed by atoms with E-state index in [0.717, 1.165) is 18.7 Å². The fourth-order valence-electron chi connectivity index (χ4n) is 3.21. The maximum absolute atomic E-state index is 12.4. The van der Waals surface area contributed by atoms with Crippen LogP contribution in [0.4, 0.5) is 11.4 Å². The second-order valence-corrected chi connectivity index (χ2v) is 8.71. The number of nitrogens with one attached hydrogen (secondary N) is 3. The van der Waals surface area contributed by atoms with Gasteiger partial charge in [0.25, 0.3) is 15.9 Å². The number of anilines is 2. The van der Waals surface area contributed by atoms with Gasteiger partial charge >= 0.3 is 0 Å². The first kappa shape index (κ1) is 19.4. The number of carbonyl (C=O) groups is 1. The summed E-state index contributed by atoms with van der Waals surface area (Å²) in [4.78, 5) is 13.7. The number of hydrogen-bond acceptors (Lipinski definition) is 3. The highest BCUT2D eigenvalue weighted by Crippen LogP contribution is 2.18. The van der Waals surface area contributed by atoms with Gasteiger partial charge in [-0.15, -0.1) is 0 Å². The Morgan fingerprint density at radius 3 is 2.15 bits per heavy atom. The van der Waals surface area contributed by atoms with Gasteiger partial charge in [-0.2, -0.15) is 0 Å². The van der Waals surface area contributed by atoms with Gasteiger partial charge in [-0.3, -0.25) is 9.52 Å². The standard InChI is InChI=1S/C20H25N3O3S/c1-16-5-11-19(12-6-16)27(25,26)22-18-9-7-17(8-10-18)21-20(24)15-23-13-3-2-4-14-23/h5-12,22H,2-4,13-15H2,1H3,(H,21,24)/p+1. The van der Waals surface area contributed by atoms with Gasteiger partial charge in [0.1, 0.15) is 0 Å². The summed E-state index contributed by atoms with van der Waals surface area (Å²) in [6, 6.07) is 13.4. The fraction of sp³-hybridized carbons (Fsp3) is 0.350. The Morgan fingerprint density at radius 1 is 0.926 bits per heavy atom. The number of quaternary nitrogens is 1. The van der Waals surface area contributed by atoms with Crippen LogP contribution in [-0.2, 0) is 14.8 Å². The molecule has 0 spiro atoms. The predicted molar refractivity (Wildman–Crippen MR) is 106 cm³/mol. The van der Waals surface area contributed by atoms with E-state index in [1.165, 1.54) is 24.2 Å². The van der Waals surface area contributed by atoms with Crippen LogP contribution in [0.3, 0.4) is 0 Å². The summed E-state index contributed by atoms with van der Waals surface area (Å²) in [5.41, 5.74) is 2.12. The molecule has 3 rings (SSSR count). The van der Waals surface area contributed by atoms with Crippen LogP contribution in [0.15, 0.2) is 53.4 Å². The van der Waals surface area contributed by atoms with Gasteiger partial charge in [-0.1, -0.05) is 17.7 Å². The number of benzene rings is 2. The van der Waals surface area contributed by atoms with E-state index in [-0.39, 0.29) is 10.8 Å². The number of hydrogen-bond donors (Lipinski definition) is 3. The van der Waals surface area contributed by atoms with Crippen molar-refractivity contribution in [1.29, 1.82) is 0 Å². The number of aryl methyl sites for hydroxylation is 1. The number of piperidine rings is 1. The molecule has 0 aromatic heterocycles. The Labute approximate surface area is 160 Å². The Balaban J connectivity index is 1.58. The Hall–Kier alpha value is -2.38.